The normalized spacial score (nSPS) is 9.71. The van der Waals surface area contributed by atoms with Crippen molar-refractivity contribution in [2.75, 3.05) is 18.1 Å². The lowest BCUT2D eigenvalue weighted by molar-refractivity contribution is -0.136. The van der Waals surface area contributed by atoms with Crippen molar-refractivity contribution >= 4 is 29.4 Å². The molecule has 6 heteroatoms. The van der Waals surface area contributed by atoms with E-state index >= 15 is 0 Å². The first kappa shape index (κ1) is 13.4. The van der Waals surface area contributed by atoms with Crippen LogP contribution in [0.1, 0.15) is 6.42 Å². The minimum atomic E-state index is -0.935. The van der Waals surface area contributed by atoms with Crippen LogP contribution in [0.3, 0.4) is 0 Å². The Morgan fingerprint density at radius 2 is 2.18 bits per heavy atom. The van der Waals surface area contributed by atoms with Crippen molar-refractivity contribution < 1.29 is 14.7 Å². The third-order valence-corrected chi connectivity index (χ3v) is 2.68. The maximum atomic E-state index is 11.4. The van der Waals surface area contributed by atoms with E-state index in [0.29, 0.717) is 5.69 Å². The van der Waals surface area contributed by atoms with Crippen LogP contribution in [0.2, 0.25) is 0 Å². The summed E-state index contributed by atoms with van der Waals surface area (Å²) in [5, 5.41) is 13.5. The van der Waals surface area contributed by atoms with Crippen LogP contribution in [0.15, 0.2) is 29.2 Å². The fourth-order valence-electron chi connectivity index (χ4n) is 1.16. The number of nitrogens with one attached hydrogen (secondary N) is 2. The first-order chi connectivity index (χ1) is 8.11. The molecule has 0 aromatic heterocycles. The van der Waals surface area contributed by atoms with Gasteiger partial charge in [-0.05, 0) is 24.5 Å². The van der Waals surface area contributed by atoms with Crippen LogP contribution in [-0.2, 0) is 4.79 Å². The van der Waals surface area contributed by atoms with E-state index in [-0.39, 0.29) is 13.0 Å². The van der Waals surface area contributed by atoms with Crippen LogP contribution >= 0.6 is 11.8 Å². The number of amides is 2. The molecule has 0 fully saturated rings. The number of carboxylic acids is 1. The number of hydrogen-bond acceptors (Lipinski definition) is 3. The molecular formula is C11H14N2O3S. The van der Waals surface area contributed by atoms with Gasteiger partial charge in [0.25, 0.3) is 0 Å². The molecule has 1 aromatic carbocycles. The van der Waals surface area contributed by atoms with Gasteiger partial charge < -0.3 is 15.7 Å². The van der Waals surface area contributed by atoms with Gasteiger partial charge in [-0.1, -0.05) is 6.07 Å². The molecule has 17 heavy (non-hydrogen) atoms. The highest BCUT2D eigenvalue weighted by Gasteiger charge is 2.03. The molecule has 0 spiro atoms. The van der Waals surface area contributed by atoms with E-state index in [2.05, 4.69) is 10.6 Å². The lowest BCUT2D eigenvalue weighted by Crippen LogP contribution is -2.30. The molecule has 0 unspecified atom stereocenters. The number of rotatable bonds is 5. The van der Waals surface area contributed by atoms with Crippen LogP contribution in [0.25, 0.3) is 0 Å². The topological polar surface area (TPSA) is 78.4 Å². The monoisotopic (exact) mass is 254 g/mol. The predicted molar refractivity (Wildman–Crippen MR) is 67.5 cm³/mol. The number of thioether (sulfide) groups is 1. The molecule has 0 heterocycles. The fourth-order valence-corrected chi connectivity index (χ4v) is 1.62. The van der Waals surface area contributed by atoms with Gasteiger partial charge in [0.1, 0.15) is 0 Å². The molecule has 92 valence electrons. The van der Waals surface area contributed by atoms with Crippen molar-refractivity contribution in [2.45, 2.75) is 11.3 Å². The van der Waals surface area contributed by atoms with Gasteiger partial charge in [0, 0.05) is 17.1 Å². The summed E-state index contributed by atoms with van der Waals surface area (Å²) in [7, 11) is 0. The average Bonchev–Trinajstić information content (AvgIpc) is 2.28. The standard InChI is InChI=1S/C11H14N2O3S/c1-17-9-4-2-3-8(7-9)13-11(16)12-6-5-10(14)15/h2-4,7H,5-6H2,1H3,(H,14,15)(H2,12,13,16). The second-order valence-electron chi connectivity index (χ2n) is 3.26. The maximum absolute atomic E-state index is 11.4. The zero-order valence-corrected chi connectivity index (χ0v) is 10.2. The van der Waals surface area contributed by atoms with Crippen molar-refractivity contribution in [3.05, 3.63) is 24.3 Å². The minimum absolute atomic E-state index is 0.0850. The highest BCUT2D eigenvalue weighted by atomic mass is 32.2. The summed E-state index contributed by atoms with van der Waals surface area (Å²) in [4.78, 5) is 22.7. The molecule has 1 rings (SSSR count). The second kappa shape index (κ2) is 6.80. The Morgan fingerprint density at radius 1 is 1.41 bits per heavy atom. The summed E-state index contributed by atoms with van der Waals surface area (Å²) >= 11 is 1.58. The second-order valence-corrected chi connectivity index (χ2v) is 4.14. The number of urea groups is 1. The van der Waals surface area contributed by atoms with E-state index in [4.69, 9.17) is 5.11 Å². The summed E-state index contributed by atoms with van der Waals surface area (Å²) in [5.74, 6) is -0.935. The molecule has 0 aliphatic carbocycles. The Labute approximate surface area is 104 Å². The first-order valence-electron chi connectivity index (χ1n) is 5.02. The molecule has 2 amide bonds. The first-order valence-corrected chi connectivity index (χ1v) is 6.25. The summed E-state index contributed by atoms with van der Waals surface area (Å²) in [5.41, 5.74) is 0.685. The van der Waals surface area contributed by atoms with Gasteiger partial charge in [-0.3, -0.25) is 4.79 Å². The maximum Gasteiger partial charge on any atom is 0.319 e. The van der Waals surface area contributed by atoms with E-state index in [0.717, 1.165) is 4.90 Å². The van der Waals surface area contributed by atoms with E-state index in [9.17, 15) is 9.59 Å². The molecule has 0 aliphatic heterocycles. The summed E-state index contributed by atoms with van der Waals surface area (Å²) in [6.07, 6.45) is 1.87. The number of benzene rings is 1. The molecule has 3 N–H and O–H groups in total. The van der Waals surface area contributed by atoms with E-state index in [1.54, 1.807) is 17.8 Å². The van der Waals surface area contributed by atoms with Gasteiger partial charge >= 0.3 is 12.0 Å². The van der Waals surface area contributed by atoms with Crippen molar-refractivity contribution in [1.29, 1.82) is 0 Å². The van der Waals surface area contributed by atoms with E-state index < -0.39 is 12.0 Å². The van der Waals surface area contributed by atoms with Crippen molar-refractivity contribution in [3.63, 3.8) is 0 Å². The quantitative estimate of drug-likeness (QED) is 0.702. The molecule has 0 saturated carbocycles. The Bertz CT molecular complexity index is 409. The number of carbonyl (C=O) groups is 2. The van der Waals surface area contributed by atoms with Gasteiger partial charge in [-0.25, -0.2) is 4.79 Å². The number of aliphatic carboxylic acids is 1. The lowest BCUT2D eigenvalue weighted by atomic mass is 10.3. The van der Waals surface area contributed by atoms with Crippen molar-refractivity contribution in [2.24, 2.45) is 0 Å². The van der Waals surface area contributed by atoms with Crippen molar-refractivity contribution in [1.82, 2.24) is 5.32 Å². The molecule has 0 atom stereocenters. The third-order valence-electron chi connectivity index (χ3n) is 1.95. The lowest BCUT2D eigenvalue weighted by Gasteiger charge is -2.07. The highest BCUT2D eigenvalue weighted by Crippen LogP contribution is 2.18. The number of anilines is 1. The minimum Gasteiger partial charge on any atom is -0.481 e. The number of carbonyl (C=O) groups excluding carboxylic acids is 1. The van der Waals surface area contributed by atoms with Gasteiger partial charge in [-0.15, -0.1) is 11.8 Å². The molecule has 0 bridgehead atoms. The molecule has 0 saturated heterocycles. The van der Waals surface area contributed by atoms with E-state index in [1.807, 2.05) is 24.5 Å². The zero-order valence-electron chi connectivity index (χ0n) is 9.40. The Kier molecular flexibility index (Phi) is 5.35. The Balaban J connectivity index is 2.42. The summed E-state index contributed by atoms with van der Waals surface area (Å²) in [6.45, 7) is 0.114. The van der Waals surface area contributed by atoms with Crippen LogP contribution in [0.4, 0.5) is 10.5 Å². The van der Waals surface area contributed by atoms with Crippen LogP contribution in [0, 0.1) is 0 Å². The fraction of sp³-hybridized carbons (Fsp3) is 0.273. The SMILES string of the molecule is CSc1cccc(NC(=O)NCCC(=O)O)c1. The zero-order chi connectivity index (χ0) is 12.7. The van der Waals surface area contributed by atoms with Crippen LogP contribution < -0.4 is 10.6 Å². The number of carboxylic acid groups (broad SMARTS) is 1. The highest BCUT2D eigenvalue weighted by molar-refractivity contribution is 7.98. The smallest absolute Gasteiger partial charge is 0.319 e. The number of hydrogen-bond donors (Lipinski definition) is 3. The van der Waals surface area contributed by atoms with Crippen LogP contribution in [0.5, 0.6) is 0 Å². The Morgan fingerprint density at radius 3 is 2.82 bits per heavy atom. The van der Waals surface area contributed by atoms with E-state index in [1.165, 1.54) is 0 Å². The van der Waals surface area contributed by atoms with Gasteiger partial charge in [0.15, 0.2) is 0 Å². The van der Waals surface area contributed by atoms with Gasteiger partial charge in [0.05, 0.1) is 6.42 Å². The summed E-state index contributed by atoms with van der Waals surface area (Å²) < 4.78 is 0. The molecular weight excluding hydrogens is 240 g/mol. The molecule has 0 radical (unpaired) electrons. The van der Waals surface area contributed by atoms with Gasteiger partial charge in [-0.2, -0.15) is 0 Å². The average molecular weight is 254 g/mol. The third kappa shape index (κ3) is 5.26. The molecule has 5 nitrogen and oxygen atoms in total. The predicted octanol–water partition coefficient (Wildman–Crippen LogP) is 2.00. The van der Waals surface area contributed by atoms with Crippen molar-refractivity contribution in [3.8, 4) is 0 Å². The Hall–Kier alpha value is -1.69. The largest absolute Gasteiger partial charge is 0.481 e. The van der Waals surface area contributed by atoms with Crippen LogP contribution in [-0.4, -0.2) is 29.9 Å². The van der Waals surface area contributed by atoms with Gasteiger partial charge in [0.2, 0.25) is 0 Å². The summed E-state index contributed by atoms with van der Waals surface area (Å²) in [6, 6.07) is 7.01. The molecule has 0 aliphatic rings. The molecule has 1 aromatic rings.